The Labute approximate surface area is 133 Å². The standard InChI is InChI=1S/C15H21NO7/c1-8-11(17)12(18)13(19)14(22-8)23-10-5-3-9(4-6-10)7-16-15(20)21-2/h3-6,8,11-14,17-19H,7H2,1-2H3,(H,16,20). The van der Waals surface area contributed by atoms with E-state index in [1.54, 1.807) is 31.2 Å². The van der Waals surface area contributed by atoms with Crippen LogP contribution in [0.3, 0.4) is 0 Å². The fraction of sp³-hybridized carbons (Fsp3) is 0.533. The maximum Gasteiger partial charge on any atom is 0.407 e. The minimum Gasteiger partial charge on any atom is -0.462 e. The topological polar surface area (TPSA) is 117 Å². The molecule has 0 aliphatic carbocycles. The average Bonchev–Trinajstić information content (AvgIpc) is 2.56. The van der Waals surface area contributed by atoms with Crippen molar-refractivity contribution >= 4 is 6.09 Å². The first kappa shape index (κ1) is 17.5. The number of alkyl carbamates (subject to hydrolysis) is 1. The SMILES string of the molecule is COC(=O)NCc1ccc(OC2OC(C)C(O)C(O)C2O)cc1. The first-order chi connectivity index (χ1) is 10.9. The molecular weight excluding hydrogens is 306 g/mol. The van der Waals surface area contributed by atoms with Gasteiger partial charge < -0.3 is 34.8 Å². The van der Waals surface area contributed by atoms with E-state index in [4.69, 9.17) is 9.47 Å². The second kappa shape index (κ2) is 7.60. The van der Waals surface area contributed by atoms with Crippen LogP contribution in [0.5, 0.6) is 5.75 Å². The lowest BCUT2D eigenvalue weighted by molar-refractivity contribution is -0.268. The van der Waals surface area contributed by atoms with Crippen LogP contribution in [0.2, 0.25) is 0 Å². The van der Waals surface area contributed by atoms with Gasteiger partial charge in [0.25, 0.3) is 0 Å². The summed E-state index contributed by atoms with van der Waals surface area (Å²) in [5.41, 5.74) is 0.830. The molecule has 1 aliphatic rings. The molecule has 1 saturated heterocycles. The predicted molar refractivity (Wildman–Crippen MR) is 78.7 cm³/mol. The molecule has 0 radical (unpaired) electrons. The number of carbonyl (C=O) groups is 1. The van der Waals surface area contributed by atoms with E-state index in [0.717, 1.165) is 5.56 Å². The van der Waals surface area contributed by atoms with Crippen LogP contribution < -0.4 is 10.1 Å². The monoisotopic (exact) mass is 327 g/mol. The fourth-order valence-corrected chi connectivity index (χ4v) is 2.18. The number of aliphatic hydroxyl groups is 3. The molecule has 23 heavy (non-hydrogen) atoms. The quantitative estimate of drug-likeness (QED) is 0.602. The van der Waals surface area contributed by atoms with Crippen LogP contribution in [0.1, 0.15) is 12.5 Å². The summed E-state index contributed by atoms with van der Waals surface area (Å²) in [6.07, 6.45) is -6.14. The van der Waals surface area contributed by atoms with Crippen molar-refractivity contribution in [2.24, 2.45) is 0 Å². The van der Waals surface area contributed by atoms with Gasteiger partial charge in [-0.1, -0.05) is 12.1 Å². The van der Waals surface area contributed by atoms with Gasteiger partial charge in [0, 0.05) is 6.54 Å². The molecule has 0 bridgehead atoms. The number of nitrogens with one attached hydrogen (secondary N) is 1. The molecule has 4 N–H and O–H groups in total. The second-order valence-electron chi connectivity index (χ2n) is 5.29. The Kier molecular flexibility index (Phi) is 5.78. The molecule has 128 valence electrons. The molecule has 2 rings (SSSR count). The van der Waals surface area contributed by atoms with Gasteiger partial charge in [0.05, 0.1) is 13.2 Å². The highest BCUT2D eigenvalue weighted by Crippen LogP contribution is 2.24. The number of amides is 1. The molecule has 1 aromatic rings. The first-order valence-corrected chi connectivity index (χ1v) is 7.19. The van der Waals surface area contributed by atoms with Crippen LogP contribution in [-0.4, -0.2) is 59.2 Å². The number of methoxy groups -OCH3 is 1. The van der Waals surface area contributed by atoms with Crippen molar-refractivity contribution in [3.05, 3.63) is 29.8 Å². The lowest BCUT2D eigenvalue weighted by atomic mass is 10.00. The third-order valence-electron chi connectivity index (χ3n) is 3.61. The highest BCUT2D eigenvalue weighted by Gasteiger charge is 2.43. The number of benzene rings is 1. The van der Waals surface area contributed by atoms with Crippen LogP contribution in [0.15, 0.2) is 24.3 Å². The van der Waals surface area contributed by atoms with E-state index in [-0.39, 0.29) is 0 Å². The minimum absolute atomic E-state index is 0.303. The Morgan fingerprint density at radius 1 is 1.17 bits per heavy atom. The lowest BCUT2D eigenvalue weighted by Gasteiger charge is -2.38. The van der Waals surface area contributed by atoms with Gasteiger partial charge in [-0.15, -0.1) is 0 Å². The van der Waals surface area contributed by atoms with E-state index in [2.05, 4.69) is 10.1 Å². The van der Waals surface area contributed by atoms with Gasteiger partial charge in [-0.05, 0) is 24.6 Å². The Morgan fingerprint density at radius 2 is 1.83 bits per heavy atom. The zero-order chi connectivity index (χ0) is 17.0. The van der Waals surface area contributed by atoms with Crippen molar-refractivity contribution in [1.82, 2.24) is 5.32 Å². The molecule has 0 aromatic heterocycles. The van der Waals surface area contributed by atoms with Gasteiger partial charge in [-0.25, -0.2) is 4.79 Å². The van der Waals surface area contributed by atoms with Gasteiger partial charge in [0.1, 0.15) is 24.1 Å². The average molecular weight is 327 g/mol. The Balaban J connectivity index is 1.94. The number of carbonyl (C=O) groups excluding carboxylic acids is 1. The fourth-order valence-electron chi connectivity index (χ4n) is 2.18. The lowest BCUT2D eigenvalue weighted by Crippen LogP contribution is -2.58. The van der Waals surface area contributed by atoms with Gasteiger partial charge in [-0.2, -0.15) is 0 Å². The van der Waals surface area contributed by atoms with Gasteiger partial charge in [0.15, 0.2) is 0 Å². The number of rotatable bonds is 4. The molecule has 0 spiro atoms. The van der Waals surface area contributed by atoms with Gasteiger partial charge >= 0.3 is 6.09 Å². The van der Waals surface area contributed by atoms with Crippen molar-refractivity contribution in [2.45, 2.75) is 44.2 Å². The molecular formula is C15H21NO7. The van der Waals surface area contributed by atoms with Gasteiger partial charge in [-0.3, -0.25) is 0 Å². The Morgan fingerprint density at radius 3 is 2.43 bits per heavy atom. The third-order valence-corrected chi connectivity index (χ3v) is 3.61. The van der Waals surface area contributed by atoms with Crippen molar-refractivity contribution in [1.29, 1.82) is 0 Å². The smallest absolute Gasteiger partial charge is 0.407 e. The highest BCUT2D eigenvalue weighted by molar-refractivity contribution is 5.66. The molecule has 1 amide bonds. The van der Waals surface area contributed by atoms with E-state index < -0.39 is 36.8 Å². The summed E-state index contributed by atoms with van der Waals surface area (Å²) < 4.78 is 15.3. The van der Waals surface area contributed by atoms with Crippen LogP contribution in [0, 0.1) is 0 Å². The maximum atomic E-state index is 11.0. The predicted octanol–water partition coefficient (Wildman–Crippen LogP) is -0.251. The molecule has 1 aliphatic heterocycles. The molecule has 8 heteroatoms. The number of ether oxygens (including phenoxy) is 3. The van der Waals surface area contributed by atoms with E-state index >= 15 is 0 Å². The molecule has 5 unspecified atom stereocenters. The largest absolute Gasteiger partial charge is 0.462 e. The van der Waals surface area contributed by atoms with Crippen LogP contribution in [0.4, 0.5) is 4.79 Å². The van der Waals surface area contributed by atoms with Crippen molar-refractivity contribution in [3.8, 4) is 5.75 Å². The number of hydrogen-bond donors (Lipinski definition) is 4. The van der Waals surface area contributed by atoms with E-state index in [1.165, 1.54) is 7.11 Å². The number of aliphatic hydroxyl groups excluding tert-OH is 3. The van der Waals surface area contributed by atoms with Crippen LogP contribution in [0.25, 0.3) is 0 Å². The minimum atomic E-state index is -1.36. The summed E-state index contributed by atoms with van der Waals surface area (Å²) in [5, 5.41) is 31.8. The summed E-state index contributed by atoms with van der Waals surface area (Å²) in [5.74, 6) is 0.423. The first-order valence-electron chi connectivity index (χ1n) is 7.19. The summed E-state index contributed by atoms with van der Waals surface area (Å²) in [4.78, 5) is 11.0. The zero-order valence-corrected chi connectivity index (χ0v) is 12.9. The molecule has 0 saturated carbocycles. The Hall–Kier alpha value is -1.87. The normalized spacial score (nSPS) is 30.6. The van der Waals surface area contributed by atoms with E-state index in [9.17, 15) is 20.1 Å². The summed E-state index contributed by atoms with van der Waals surface area (Å²) >= 11 is 0. The summed E-state index contributed by atoms with van der Waals surface area (Å²) in [6.45, 7) is 1.88. The molecule has 8 nitrogen and oxygen atoms in total. The van der Waals surface area contributed by atoms with Crippen molar-refractivity contribution in [2.75, 3.05) is 7.11 Å². The number of hydrogen-bond acceptors (Lipinski definition) is 7. The molecule has 5 atom stereocenters. The van der Waals surface area contributed by atoms with Crippen molar-refractivity contribution in [3.63, 3.8) is 0 Å². The third kappa shape index (κ3) is 4.32. The molecule has 1 heterocycles. The molecule has 1 aromatic carbocycles. The Bertz CT molecular complexity index is 521. The highest BCUT2D eigenvalue weighted by atomic mass is 16.7. The molecule has 1 fully saturated rings. The van der Waals surface area contributed by atoms with Gasteiger partial charge in [0.2, 0.25) is 6.29 Å². The van der Waals surface area contributed by atoms with E-state index in [1.807, 2.05) is 0 Å². The maximum absolute atomic E-state index is 11.0. The second-order valence-corrected chi connectivity index (χ2v) is 5.29. The summed E-state index contributed by atoms with van der Waals surface area (Å²) in [6, 6.07) is 6.75. The van der Waals surface area contributed by atoms with Crippen LogP contribution in [-0.2, 0) is 16.0 Å². The van der Waals surface area contributed by atoms with Crippen LogP contribution >= 0.6 is 0 Å². The zero-order valence-electron chi connectivity index (χ0n) is 12.9. The van der Waals surface area contributed by atoms with Crippen molar-refractivity contribution < 1.29 is 34.3 Å². The van der Waals surface area contributed by atoms with E-state index in [0.29, 0.717) is 12.3 Å². The summed E-state index contributed by atoms with van der Waals surface area (Å²) in [7, 11) is 1.29.